The summed E-state index contributed by atoms with van der Waals surface area (Å²) in [6.45, 7) is 0.533. The molecule has 0 bridgehead atoms. The Bertz CT molecular complexity index is 597. The second kappa shape index (κ2) is 3.13. The number of amides is 2. The van der Waals surface area contributed by atoms with Crippen LogP contribution in [0.15, 0.2) is 30.5 Å². The summed E-state index contributed by atoms with van der Waals surface area (Å²) in [7, 11) is 0. The van der Waals surface area contributed by atoms with Crippen LogP contribution in [0.25, 0.3) is 17.0 Å². The molecule has 1 aliphatic rings. The highest BCUT2D eigenvalue weighted by atomic mass is 16.2. The number of para-hydroxylation sites is 1. The molecule has 16 heavy (non-hydrogen) atoms. The number of carbonyl (C=O) groups is 1. The maximum absolute atomic E-state index is 11.1. The Morgan fingerprint density at radius 1 is 1.38 bits per heavy atom. The molecule has 1 aromatic heterocycles. The highest BCUT2D eigenvalue weighted by molar-refractivity contribution is 5.89. The topological polar surface area (TPSA) is 62.1 Å². The van der Waals surface area contributed by atoms with Gasteiger partial charge in [-0.1, -0.05) is 18.2 Å². The van der Waals surface area contributed by atoms with Crippen LogP contribution in [0.1, 0.15) is 11.3 Å². The molecule has 0 saturated heterocycles. The van der Waals surface area contributed by atoms with Crippen LogP contribution >= 0.6 is 0 Å². The van der Waals surface area contributed by atoms with E-state index in [1.165, 1.54) is 4.90 Å². The van der Waals surface area contributed by atoms with Crippen molar-refractivity contribution in [1.29, 1.82) is 0 Å². The Morgan fingerprint density at radius 3 is 3.00 bits per heavy atom. The molecule has 0 unspecified atom stereocenters. The molecule has 2 aromatic rings. The third-order valence-electron chi connectivity index (χ3n) is 2.88. The van der Waals surface area contributed by atoms with Gasteiger partial charge in [0.05, 0.1) is 6.54 Å². The number of aromatic amines is 1. The van der Waals surface area contributed by atoms with E-state index in [-0.39, 0.29) is 0 Å². The second-order valence-corrected chi connectivity index (χ2v) is 3.84. The molecular formula is C12H11N3O. The number of aromatic nitrogens is 1. The number of carbonyl (C=O) groups excluding carboxylic acids is 1. The predicted molar refractivity (Wildman–Crippen MR) is 62.5 cm³/mol. The van der Waals surface area contributed by atoms with Crippen molar-refractivity contribution in [2.24, 2.45) is 5.73 Å². The molecule has 0 aliphatic carbocycles. The molecular weight excluding hydrogens is 202 g/mol. The monoisotopic (exact) mass is 213 g/mol. The van der Waals surface area contributed by atoms with Gasteiger partial charge in [0.2, 0.25) is 0 Å². The summed E-state index contributed by atoms with van der Waals surface area (Å²) < 4.78 is 0. The Balaban J connectivity index is 2.17. The number of urea groups is 1. The summed E-state index contributed by atoms with van der Waals surface area (Å²) in [5, 5.41) is 1.15. The first kappa shape index (κ1) is 9.03. The van der Waals surface area contributed by atoms with E-state index < -0.39 is 6.03 Å². The summed E-state index contributed by atoms with van der Waals surface area (Å²) in [5.74, 6) is 0. The van der Waals surface area contributed by atoms with Gasteiger partial charge < -0.3 is 10.7 Å². The van der Waals surface area contributed by atoms with Crippen molar-refractivity contribution < 1.29 is 4.79 Å². The van der Waals surface area contributed by atoms with Crippen molar-refractivity contribution in [1.82, 2.24) is 9.88 Å². The fraction of sp³-hybridized carbons (Fsp3) is 0.0833. The maximum Gasteiger partial charge on any atom is 0.319 e. The lowest BCUT2D eigenvalue weighted by Gasteiger charge is -2.19. The molecule has 0 fully saturated rings. The van der Waals surface area contributed by atoms with Crippen molar-refractivity contribution in [3.05, 3.63) is 41.7 Å². The molecule has 2 amide bonds. The highest BCUT2D eigenvalue weighted by Gasteiger charge is 2.18. The van der Waals surface area contributed by atoms with Crippen LogP contribution in [0, 0.1) is 0 Å². The number of hydrogen-bond donors (Lipinski definition) is 2. The van der Waals surface area contributed by atoms with Crippen molar-refractivity contribution in [2.45, 2.75) is 6.54 Å². The van der Waals surface area contributed by atoms with Crippen LogP contribution < -0.4 is 5.73 Å². The first-order valence-electron chi connectivity index (χ1n) is 5.09. The van der Waals surface area contributed by atoms with Crippen LogP contribution in [-0.4, -0.2) is 15.9 Å². The van der Waals surface area contributed by atoms with Crippen molar-refractivity contribution in [3.8, 4) is 0 Å². The maximum atomic E-state index is 11.1. The predicted octanol–water partition coefficient (Wildman–Crippen LogP) is 2.03. The minimum atomic E-state index is -0.424. The van der Waals surface area contributed by atoms with Crippen molar-refractivity contribution >= 4 is 23.0 Å². The van der Waals surface area contributed by atoms with Crippen LogP contribution in [0.2, 0.25) is 0 Å². The molecule has 0 saturated carbocycles. The van der Waals surface area contributed by atoms with E-state index >= 15 is 0 Å². The number of nitrogens with zero attached hydrogens (tertiary/aromatic N) is 1. The molecule has 3 N–H and O–H groups in total. The fourth-order valence-corrected chi connectivity index (χ4v) is 2.07. The largest absolute Gasteiger partial charge is 0.355 e. The Kier molecular flexibility index (Phi) is 1.77. The average Bonchev–Trinajstić information content (AvgIpc) is 2.66. The number of benzene rings is 1. The molecule has 1 aliphatic heterocycles. The Hall–Kier alpha value is -2.23. The zero-order valence-corrected chi connectivity index (χ0v) is 8.60. The zero-order chi connectivity index (χ0) is 11.1. The standard InChI is InChI=1S/C12H11N3O/c13-12(16)15-6-5-11-9(7-15)8-3-1-2-4-10(8)14-11/h1-6,14H,7H2,(H2,13,16). The van der Waals surface area contributed by atoms with Crippen LogP contribution in [0.3, 0.4) is 0 Å². The summed E-state index contributed by atoms with van der Waals surface area (Å²) in [6.07, 6.45) is 3.59. The minimum Gasteiger partial charge on any atom is -0.355 e. The van der Waals surface area contributed by atoms with Gasteiger partial charge in [-0.3, -0.25) is 4.90 Å². The summed E-state index contributed by atoms with van der Waals surface area (Å²) in [6, 6.07) is 7.62. The lowest BCUT2D eigenvalue weighted by Crippen LogP contribution is -2.31. The molecule has 4 heteroatoms. The third-order valence-corrected chi connectivity index (χ3v) is 2.88. The number of nitrogens with one attached hydrogen (secondary N) is 1. The van der Waals surface area contributed by atoms with Gasteiger partial charge in [-0.25, -0.2) is 4.79 Å². The van der Waals surface area contributed by atoms with Gasteiger partial charge in [-0.2, -0.15) is 0 Å². The molecule has 2 heterocycles. The van der Waals surface area contributed by atoms with E-state index in [2.05, 4.69) is 4.98 Å². The van der Waals surface area contributed by atoms with E-state index in [0.29, 0.717) is 6.54 Å². The highest BCUT2D eigenvalue weighted by Crippen LogP contribution is 2.27. The van der Waals surface area contributed by atoms with Gasteiger partial charge in [0.1, 0.15) is 0 Å². The quantitative estimate of drug-likeness (QED) is 0.691. The fourth-order valence-electron chi connectivity index (χ4n) is 2.07. The molecule has 0 spiro atoms. The second-order valence-electron chi connectivity index (χ2n) is 3.84. The summed E-state index contributed by atoms with van der Waals surface area (Å²) in [5.41, 5.74) is 8.53. The van der Waals surface area contributed by atoms with Gasteiger partial charge in [0.15, 0.2) is 0 Å². The molecule has 1 aromatic carbocycles. The lowest BCUT2D eigenvalue weighted by molar-refractivity contribution is 0.223. The number of nitrogens with two attached hydrogens (primary N) is 1. The lowest BCUT2D eigenvalue weighted by atomic mass is 10.1. The van der Waals surface area contributed by atoms with Crippen molar-refractivity contribution in [3.63, 3.8) is 0 Å². The van der Waals surface area contributed by atoms with Gasteiger partial charge in [-0.05, 0) is 12.1 Å². The number of rotatable bonds is 0. The van der Waals surface area contributed by atoms with Crippen LogP contribution in [-0.2, 0) is 6.54 Å². The first-order valence-corrected chi connectivity index (χ1v) is 5.09. The Morgan fingerprint density at radius 2 is 2.19 bits per heavy atom. The number of hydrogen-bond acceptors (Lipinski definition) is 1. The van der Waals surface area contributed by atoms with Gasteiger partial charge in [0, 0.05) is 28.4 Å². The molecule has 0 radical (unpaired) electrons. The first-order chi connectivity index (χ1) is 7.75. The third kappa shape index (κ3) is 1.20. The molecule has 0 atom stereocenters. The number of primary amides is 1. The molecule has 80 valence electrons. The summed E-state index contributed by atoms with van der Waals surface area (Å²) >= 11 is 0. The average molecular weight is 213 g/mol. The number of fused-ring (bicyclic) bond motifs is 3. The van der Waals surface area contributed by atoms with Gasteiger partial charge in [-0.15, -0.1) is 0 Å². The van der Waals surface area contributed by atoms with Crippen LogP contribution in [0.4, 0.5) is 4.79 Å². The zero-order valence-electron chi connectivity index (χ0n) is 8.60. The van der Waals surface area contributed by atoms with E-state index in [4.69, 9.17) is 5.73 Å². The smallest absolute Gasteiger partial charge is 0.319 e. The number of H-pyrrole nitrogens is 1. The SMILES string of the molecule is NC(=O)N1C=Cc2[nH]c3ccccc3c2C1. The van der Waals surface area contributed by atoms with E-state index in [1.807, 2.05) is 30.3 Å². The summed E-state index contributed by atoms with van der Waals surface area (Å²) in [4.78, 5) is 15.9. The minimum absolute atomic E-state index is 0.424. The van der Waals surface area contributed by atoms with E-state index in [1.54, 1.807) is 6.20 Å². The normalized spacial score (nSPS) is 14.1. The van der Waals surface area contributed by atoms with Gasteiger partial charge >= 0.3 is 6.03 Å². The molecule has 4 nitrogen and oxygen atoms in total. The van der Waals surface area contributed by atoms with Gasteiger partial charge in [0.25, 0.3) is 0 Å². The Labute approximate surface area is 92.3 Å². The molecule has 3 rings (SSSR count). The van der Waals surface area contributed by atoms with Crippen LogP contribution in [0.5, 0.6) is 0 Å². The van der Waals surface area contributed by atoms with Crippen molar-refractivity contribution in [2.75, 3.05) is 0 Å². The van der Waals surface area contributed by atoms with E-state index in [9.17, 15) is 4.79 Å². The van der Waals surface area contributed by atoms with E-state index in [0.717, 1.165) is 22.2 Å².